The van der Waals surface area contributed by atoms with E-state index in [2.05, 4.69) is 37.2 Å². The molecule has 21 heavy (non-hydrogen) atoms. The van der Waals surface area contributed by atoms with Gasteiger partial charge in [-0.2, -0.15) is 0 Å². The predicted octanol–water partition coefficient (Wildman–Crippen LogP) is 3.45. The van der Waals surface area contributed by atoms with Gasteiger partial charge in [-0.3, -0.25) is 0 Å². The highest BCUT2D eigenvalue weighted by Crippen LogP contribution is 2.21. The molecule has 116 valence electrons. The number of amidine groups is 1. The third-order valence-corrected chi connectivity index (χ3v) is 3.43. The van der Waals surface area contributed by atoms with E-state index in [1.54, 1.807) is 6.08 Å². The summed E-state index contributed by atoms with van der Waals surface area (Å²) in [6, 6.07) is 0. The van der Waals surface area contributed by atoms with Gasteiger partial charge >= 0.3 is 0 Å². The Kier molecular flexibility index (Phi) is 7.37. The number of nitrogens with one attached hydrogen (secondary N) is 1. The van der Waals surface area contributed by atoms with Crippen LogP contribution in [0.3, 0.4) is 0 Å². The molecular formula is C17H28N4. The normalized spacial score (nSPS) is 16.6. The lowest BCUT2D eigenvalue weighted by molar-refractivity contribution is 0.662. The third-order valence-electron chi connectivity index (χ3n) is 3.43. The van der Waals surface area contributed by atoms with E-state index in [9.17, 15) is 0 Å². The highest BCUT2D eigenvalue weighted by Gasteiger charge is 2.09. The van der Waals surface area contributed by atoms with Gasteiger partial charge in [0.25, 0.3) is 0 Å². The van der Waals surface area contributed by atoms with Crippen LogP contribution < -0.4 is 16.8 Å². The smallest absolute Gasteiger partial charge is 0.125 e. The van der Waals surface area contributed by atoms with Crippen molar-refractivity contribution in [2.75, 3.05) is 0 Å². The van der Waals surface area contributed by atoms with Crippen molar-refractivity contribution in [1.82, 2.24) is 5.32 Å². The van der Waals surface area contributed by atoms with E-state index >= 15 is 0 Å². The van der Waals surface area contributed by atoms with Gasteiger partial charge in [-0.1, -0.05) is 26.2 Å². The minimum Gasteiger partial charge on any atom is -0.404 e. The first-order valence-electron chi connectivity index (χ1n) is 7.66. The van der Waals surface area contributed by atoms with Gasteiger partial charge in [-0.25, -0.2) is 4.99 Å². The van der Waals surface area contributed by atoms with Crippen molar-refractivity contribution in [3.63, 3.8) is 0 Å². The first-order chi connectivity index (χ1) is 10.1. The Labute approximate surface area is 128 Å². The van der Waals surface area contributed by atoms with Gasteiger partial charge in [0.2, 0.25) is 0 Å². The van der Waals surface area contributed by atoms with E-state index < -0.39 is 0 Å². The molecule has 5 N–H and O–H groups in total. The average Bonchev–Trinajstić information content (AvgIpc) is 3.27. The largest absolute Gasteiger partial charge is 0.404 e. The van der Waals surface area contributed by atoms with Gasteiger partial charge in [-0.15, -0.1) is 0 Å². The van der Waals surface area contributed by atoms with Crippen LogP contribution in [0.4, 0.5) is 0 Å². The summed E-state index contributed by atoms with van der Waals surface area (Å²) in [7, 11) is 0. The van der Waals surface area contributed by atoms with E-state index in [0.29, 0.717) is 5.84 Å². The molecule has 1 heterocycles. The first-order valence-corrected chi connectivity index (χ1v) is 7.66. The fourth-order valence-electron chi connectivity index (χ4n) is 2.02. The maximum absolute atomic E-state index is 5.86. The highest BCUT2D eigenvalue weighted by molar-refractivity contribution is 5.92. The van der Waals surface area contributed by atoms with Gasteiger partial charge in [0.05, 0.1) is 11.4 Å². The maximum atomic E-state index is 5.86. The van der Waals surface area contributed by atoms with Crippen LogP contribution in [0.2, 0.25) is 0 Å². The fourth-order valence-corrected chi connectivity index (χ4v) is 2.02. The quantitative estimate of drug-likeness (QED) is 0.263. The first kappa shape index (κ1) is 17.1. The molecule has 1 aliphatic heterocycles. The summed E-state index contributed by atoms with van der Waals surface area (Å²) in [5.74, 6) is 0.433. The molecule has 4 heteroatoms. The van der Waals surface area contributed by atoms with Crippen molar-refractivity contribution in [2.45, 2.75) is 52.9 Å². The molecule has 0 spiro atoms. The second-order valence-electron chi connectivity index (χ2n) is 5.40. The number of rotatable bonds is 9. The Morgan fingerprint density at radius 2 is 2.00 bits per heavy atom. The van der Waals surface area contributed by atoms with Crippen LogP contribution in [0.5, 0.6) is 0 Å². The van der Waals surface area contributed by atoms with Crippen LogP contribution in [0.15, 0.2) is 52.1 Å². The Hall–Kier alpha value is -1.97. The number of nitrogens with zero attached hydrogens (tertiary/aromatic N) is 1. The van der Waals surface area contributed by atoms with E-state index in [1.165, 1.54) is 43.0 Å². The molecule has 4 nitrogen and oxygen atoms in total. The zero-order valence-corrected chi connectivity index (χ0v) is 13.4. The Bertz CT molecular complexity index is 493. The van der Waals surface area contributed by atoms with Gasteiger partial charge in [0, 0.05) is 6.20 Å². The second-order valence-corrected chi connectivity index (χ2v) is 5.40. The molecule has 0 atom stereocenters. The van der Waals surface area contributed by atoms with Crippen molar-refractivity contribution in [1.29, 1.82) is 0 Å². The molecule has 0 saturated carbocycles. The average molecular weight is 288 g/mol. The number of hydrogen-bond donors (Lipinski definition) is 3. The summed E-state index contributed by atoms with van der Waals surface area (Å²) in [5.41, 5.74) is 15.8. The lowest BCUT2D eigenvalue weighted by atomic mass is 10.0. The molecule has 0 aromatic carbocycles. The Morgan fingerprint density at radius 1 is 1.29 bits per heavy atom. The zero-order chi connectivity index (χ0) is 15.7. The Morgan fingerprint density at radius 3 is 2.57 bits per heavy atom. The van der Waals surface area contributed by atoms with Crippen LogP contribution in [0, 0.1) is 0 Å². The van der Waals surface area contributed by atoms with Crippen LogP contribution in [-0.4, -0.2) is 5.84 Å². The topological polar surface area (TPSA) is 86.3 Å². The predicted molar refractivity (Wildman–Crippen MR) is 91.4 cm³/mol. The summed E-state index contributed by atoms with van der Waals surface area (Å²) in [6.07, 6.45) is 13.1. The Balaban J connectivity index is 2.85. The molecule has 0 fully saturated rings. The monoisotopic (exact) mass is 288 g/mol. The van der Waals surface area contributed by atoms with Crippen molar-refractivity contribution in [3.8, 4) is 0 Å². The van der Waals surface area contributed by atoms with Gasteiger partial charge < -0.3 is 16.8 Å². The van der Waals surface area contributed by atoms with Crippen molar-refractivity contribution >= 4 is 5.84 Å². The summed E-state index contributed by atoms with van der Waals surface area (Å²) < 4.78 is 0. The number of nitrogens with two attached hydrogens (primary N) is 2. The minimum absolute atomic E-state index is 0.433. The van der Waals surface area contributed by atoms with Gasteiger partial charge in [0.1, 0.15) is 5.84 Å². The molecular weight excluding hydrogens is 260 g/mol. The zero-order valence-electron chi connectivity index (χ0n) is 13.4. The van der Waals surface area contributed by atoms with Gasteiger partial charge in [-0.05, 0) is 56.2 Å². The molecule has 0 aromatic heterocycles. The standard InChI is InChI=1S/C17H28N4/c1-4-5-6-7-8-13(2)15(21-17(19)9-10-18)11-14(3)16-12-20-16/h9-12,20H,4-8,18H2,1-3H3,(H2,19,21)/b10-9+,14-11+,15-13-. The second kappa shape index (κ2) is 9.06. The third kappa shape index (κ3) is 6.84. The van der Waals surface area contributed by atoms with E-state index in [1.807, 2.05) is 6.20 Å². The van der Waals surface area contributed by atoms with Crippen molar-refractivity contribution < 1.29 is 0 Å². The van der Waals surface area contributed by atoms with E-state index in [0.717, 1.165) is 17.8 Å². The minimum atomic E-state index is 0.433. The molecule has 0 aliphatic carbocycles. The van der Waals surface area contributed by atoms with E-state index in [4.69, 9.17) is 11.5 Å². The van der Waals surface area contributed by atoms with Gasteiger partial charge in [0.15, 0.2) is 0 Å². The molecule has 1 aliphatic rings. The number of unbranched alkanes of at least 4 members (excludes halogenated alkanes) is 3. The molecule has 1 rings (SSSR count). The molecule has 0 saturated heterocycles. The number of allylic oxidation sites excluding steroid dienone is 3. The van der Waals surface area contributed by atoms with Crippen LogP contribution >= 0.6 is 0 Å². The SMILES string of the molecule is CCCCCC/C(C)=C(/C=C(\C)C1=CN1)\N=C(N)/C=C/N. The summed E-state index contributed by atoms with van der Waals surface area (Å²) in [5, 5.41) is 3.10. The number of aliphatic imine (C=N–C) groups is 1. The highest BCUT2D eigenvalue weighted by atomic mass is 15.0. The van der Waals surface area contributed by atoms with Crippen molar-refractivity contribution in [3.05, 3.63) is 47.1 Å². The van der Waals surface area contributed by atoms with Crippen LogP contribution in [0.25, 0.3) is 0 Å². The molecule has 0 bridgehead atoms. The summed E-state index contributed by atoms with van der Waals surface area (Å²) in [6.45, 7) is 6.42. The molecule has 0 unspecified atom stereocenters. The lowest BCUT2D eigenvalue weighted by Crippen LogP contribution is -2.09. The molecule has 0 amide bonds. The van der Waals surface area contributed by atoms with Crippen LogP contribution in [-0.2, 0) is 0 Å². The van der Waals surface area contributed by atoms with Crippen LogP contribution in [0.1, 0.15) is 52.9 Å². The van der Waals surface area contributed by atoms with Crippen molar-refractivity contribution in [2.24, 2.45) is 16.5 Å². The fraction of sp³-hybridized carbons (Fsp3) is 0.471. The summed E-state index contributed by atoms with van der Waals surface area (Å²) >= 11 is 0. The lowest BCUT2D eigenvalue weighted by Gasteiger charge is -2.06. The molecule has 0 aromatic rings. The molecule has 0 radical (unpaired) electrons. The number of hydrogen-bond acceptors (Lipinski definition) is 3. The maximum Gasteiger partial charge on any atom is 0.125 e. The summed E-state index contributed by atoms with van der Waals surface area (Å²) in [4.78, 5) is 4.49. The van der Waals surface area contributed by atoms with E-state index in [-0.39, 0.29) is 0 Å².